The predicted octanol–water partition coefficient (Wildman–Crippen LogP) is 24.1. The van der Waals surface area contributed by atoms with E-state index in [-0.39, 0.29) is 0 Å². The summed E-state index contributed by atoms with van der Waals surface area (Å²) in [5.74, 6) is 4.19. The molecule has 0 aliphatic heterocycles. The van der Waals surface area contributed by atoms with Crippen LogP contribution in [0.2, 0.25) is 0 Å². The first-order valence-corrected chi connectivity index (χ1v) is 34.0. The van der Waals surface area contributed by atoms with Gasteiger partial charge in [0.15, 0.2) is 0 Å². The van der Waals surface area contributed by atoms with Gasteiger partial charge in [-0.3, -0.25) is 24.9 Å². The maximum absolute atomic E-state index is 5.34. The molecule has 9 heteroatoms. The summed E-state index contributed by atoms with van der Waals surface area (Å²) in [6.07, 6.45) is 0. The van der Waals surface area contributed by atoms with Crippen molar-refractivity contribution >= 4 is 22.7 Å². The van der Waals surface area contributed by atoms with Gasteiger partial charge in [0.25, 0.3) is 0 Å². The Morgan fingerprint density at radius 3 is 0.363 bits per heavy atom. The van der Waals surface area contributed by atoms with Gasteiger partial charge in [-0.15, -0.1) is 22.7 Å². The first kappa shape index (κ1) is 82.7. The number of pyridine rings is 3. The standard InChI is InChI=1S/C12H18.3C10H15N.C8H12N2.2C8H12O.2C8H12S/c1-7-8(2)10(4)12(6)11(5)9(7)3;3*1-6-7(2)9(4)11-10(5)8(6)3;1-5-6(2)10-8(4)7(3)9-5;4*1-5-6(2)8(4)9-7(5)3/h1-6H3;3*1-5H3;1-4H3;4*1-4H3. The van der Waals surface area contributed by atoms with Gasteiger partial charge in [0.1, 0.15) is 23.0 Å². The number of furan rings is 2. The smallest absolute Gasteiger partial charge is 0.104 e. The molecule has 0 aliphatic carbocycles. The van der Waals surface area contributed by atoms with E-state index in [1.54, 1.807) is 0 Å². The first-order valence-electron chi connectivity index (χ1n) is 32.4. The van der Waals surface area contributed by atoms with E-state index in [2.05, 4.69) is 253 Å². The predicted molar refractivity (Wildman–Crippen MR) is 401 cm³/mol. The summed E-state index contributed by atoms with van der Waals surface area (Å²) in [6, 6.07) is 0. The topological polar surface area (TPSA) is 90.7 Å². The van der Waals surface area contributed by atoms with Crippen LogP contribution < -0.4 is 0 Å². The van der Waals surface area contributed by atoms with E-state index in [0.717, 1.165) is 80.0 Å². The van der Waals surface area contributed by atoms with Crippen molar-refractivity contribution < 1.29 is 8.83 Å². The Balaban J connectivity index is 0.000000513. The summed E-state index contributed by atoms with van der Waals surface area (Å²) in [6.45, 7) is 86.6. The minimum absolute atomic E-state index is 1.03. The van der Waals surface area contributed by atoms with E-state index in [9.17, 15) is 0 Å². The van der Waals surface area contributed by atoms with E-state index >= 15 is 0 Å². The number of aryl methyl sites for hydroxylation is 18. The summed E-state index contributed by atoms with van der Waals surface area (Å²) >= 11 is 3.79. The van der Waals surface area contributed by atoms with E-state index in [1.165, 1.54) is 147 Å². The molecule has 0 bridgehead atoms. The van der Waals surface area contributed by atoms with Gasteiger partial charge in [-0.1, -0.05) is 0 Å². The maximum Gasteiger partial charge on any atom is 0.104 e. The second-order valence-electron chi connectivity index (χ2n) is 25.6. The molecule has 0 amide bonds. The second-order valence-corrected chi connectivity index (χ2v) is 28.5. The molecule has 0 radical (unpaired) electrons. The normalized spacial score (nSPS) is 10.3. The highest BCUT2D eigenvalue weighted by atomic mass is 32.1. The van der Waals surface area contributed by atoms with E-state index in [0.29, 0.717) is 0 Å². The number of thiophene rings is 2. The van der Waals surface area contributed by atoms with Gasteiger partial charge in [-0.25, -0.2) is 0 Å². The van der Waals surface area contributed by atoms with Crippen LogP contribution in [0.5, 0.6) is 0 Å². The summed E-state index contributed by atoms with van der Waals surface area (Å²) in [7, 11) is 0. The molecule has 500 valence electrons. The van der Waals surface area contributed by atoms with E-state index < -0.39 is 0 Å². The molecule has 0 fully saturated rings. The van der Waals surface area contributed by atoms with Crippen LogP contribution in [-0.2, 0) is 0 Å². The zero-order chi connectivity index (χ0) is 71.0. The largest absolute Gasteiger partial charge is 0.466 e. The third-order valence-electron chi connectivity index (χ3n) is 20.4. The number of aromatic nitrogens is 5. The Kier molecular flexibility index (Phi) is 32.9. The Hall–Kier alpha value is -6.29. The van der Waals surface area contributed by atoms with Crippen LogP contribution in [0.1, 0.15) is 227 Å². The molecular formula is C82H123N5O2S2. The first-order chi connectivity index (χ1) is 41.7. The number of nitrogens with zero attached hydrogens (tertiary/aromatic N) is 5. The molecule has 0 atom stereocenters. The van der Waals surface area contributed by atoms with Crippen LogP contribution in [0, 0.1) is 284 Å². The van der Waals surface area contributed by atoms with Crippen molar-refractivity contribution in [1.82, 2.24) is 24.9 Å². The highest BCUT2D eigenvalue weighted by Crippen LogP contribution is 2.28. The molecule has 0 spiro atoms. The van der Waals surface area contributed by atoms with Gasteiger partial charge >= 0.3 is 0 Å². The molecule has 8 heterocycles. The molecule has 0 N–H and O–H groups in total. The number of benzene rings is 1. The highest BCUT2D eigenvalue weighted by molar-refractivity contribution is 7.12. The second kappa shape index (κ2) is 36.2. The minimum Gasteiger partial charge on any atom is -0.466 e. The van der Waals surface area contributed by atoms with Crippen molar-refractivity contribution in [2.24, 2.45) is 0 Å². The van der Waals surface area contributed by atoms with Gasteiger partial charge in [0, 0.05) is 53.7 Å². The Labute approximate surface area is 564 Å². The summed E-state index contributed by atoms with van der Waals surface area (Å²) in [5.41, 5.74) is 42.9. The molecule has 8 aromatic heterocycles. The molecule has 9 aromatic rings. The van der Waals surface area contributed by atoms with Crippen LogP contribution >= 0.6 is 22.7 Å². The van der Waals surface area contributed by atoms with Crippen LogP contribution in [-0.4, -0.2) is 24.9 Å². The lowest BCUT2D eigenvalue weighted by molar-refractivity contribution is 0.500. The molecule has 91 heavy (non-hydrogen) atoms. The summed E-state index contributed by atoms with van der Waals surface area (Å²) < 4.78 is 10.7. The van der Waals surface area contributed by atoms with Crippen molar-refractivity contribution in [1.29, 1.82) is 0 Å². The third-order valence-corrected chi connectivity index (χ3v) is 22.9. The lowest BCUT2D eigenvalue weighted by atomic mass is 9.90. The van der Waals surface area contributed by atoms with Crippen molar-refractivity contribution in [3.05, 3.63) is 227 Å². The van der Waals surface area contributed by atoms with Crippen molar-refractivity contribution in [2.75, 3.05) is 0 Å². The number of rotatable bonds is 0. The molecule has 7 nitrogen and oxygen atoms in total. The fourth-order valence-corrected chi connectivity index (χ4v) is 12.0. The SMILES string of the molecule is Cc1c(C)c(C)c(C)c(C)c1C.Cc1nc(C)c(C)c(C)c1C.Cc1nc(C)c(C)c(C)c1C.Cc1nc(C)c(C)c(C)c1C.Cc1nc(C)c(C)nc1C.Cc1oc(C)c(C)c1C.Cc1oc(C)c(C)c1C.Cc1sc(C)c(C)c1C.Cc1sc(C)c(C)c1C. The average molecular weight is 1280 g/mol. The Morgan fingerprint density at radius 1 is 0.143 bits per heavy atom. The Morgan fingerprint density at radius 2 is 0.264 bits per heavy atom. The van der Waals surface area contributed by atoms with Crippen LogP contribution in [0.4, 0.5) is 0 Å². The van der Waals surface area contributed by atoms with Crippen LogP contribution in [0.15, 0.2) is 8.83 Å². The fourth-order valence-electron chi connectivity index (χ4n) is 9.89. The molecule has 9 rings (SSSR count). The van der Waals surface area contributed by atoms with Gasteiger partial charge < -0.3 is 8.83 Å². The number of hydrogen-bond donors (Lipinski definition) is 0. The number of hydrogen-bond acceptors (Lipinski definition) is 9. The third kappa shape index (κ3) is 22.5. The quantitative estimate of drug-likeness (QED) is 0.149. The molecule has 1 aromatic carbocycles. The monoisotopic (exact) mass is 1270 g/mol. The lowest BCUT2D eigenvalue weighted by Crippen LogP contribution is -1.98. The molecule has 0 saturated carbocycles. The molecule has 0 unspecified atom stereocenters. The van der Waals surface area contributed by atoms with Gasteiger partial charge in [0.2, 0.25) is 0 Å². The lowest BCUT2D eigenvalue weighted by Gasteiger charge is -2.15. The fraction of sp³-hybridized carbons (Fsp3) is 0.500. The van der Waals surface area contributed by atoms with Gasteiger partial charge in [-0.2, -0.15) is 0 Å². The molecule has 0 saturated heterocycles. The van der Waals surface area contributed by atoms with Crippen molar-refractivity contribution in [3.8, 4) is 0 Å². The highest BCUT2D eigenvalue weighted by Gasteiger charge is 2.11. The average Bonchev–Trinajstić information content (AvgIpc) is 2.31. The van der Waals surface area contributed by atoms with Gasteiger partial charge in [0.05, 0.1) is 22.8 Å². The maximum atomic E-state index is 5.34. The van der Waals surface area contributed by atoms with E-state index in [4.69, 9.17) is 8.83 Å². The van der Waals surface area contributed by atoms with Crippen molar-refractivity contribution in [3.63, 3.8) is 0 Å². The molecular weight excluding hydrogens is 1150 g/mol. The Bertz CT molecular complexity index is 3270. The van der Waals surface area contributed by atoms with Gasteiger partial charge in [-0.05, 0) is 412 Å². The minimum atomic E-state index is 1.03. The summed E-state index contributed by atoms with van der Waals surface area (Å²) in [5, 5.41) is 0. The summed E-state index contributed by atoms with van der Waals surface area (Å²) in [4.78, 5) is 27.8. The zero-order valence-electron chi connectivity index (χ0n) is 65.4. The zero-order valence-corrected chi connectivity index (χ0v) is 67.0. The van der Waals surface area contributed by atoms with E-state index in [1.807, 2.05) is 78.1 Å². The van der Waals surface area contributed by atoms with Crippen LogP contribution in [0.25, 0.3) is 0 Å². The van der Waals surface area contributed by atoms with Crippen LogP contribution in [0.3, 0.4) is 0 Å². The molecule has 0 aliphatic rings. The van der Waals surface area contributed by atoms with Crippen molar-refractivity contribution in [2.45, 2.75) is 284 Å².